The quantitative estimate of drug-likeness (QED) is 0.584. The zero-order valence-electron chi connectivity index (χ0n) is 15.1. The molecule has 0 aliphatic carbocycles. The molecule has 134 valence electrons. The van der Waals surface area contributed by atoms with Crippen LogP contribution in [0, 0.1) is 0 Å². The second-order valence-electron chi connectivity index (χ2n) is 6.40. The Labute approximate surface area is 158 Å². The molecule has 27 heavy (non-hydrogen) atoms. The van der Waals surface area contributed by atoms with Crippen LogP contribution in [0.25, 0.3) is 22.3 Å². The van der Waals surface area contributed by atoms with E-state index in [0.717, 1.165) is 35.4 Å². The minimum absolute atomic E-state index is 0.176. The molecule has 0 unspecified atom stereocenters. The fraction of sp³-hybridized carbons (Fsp3) is 0.136. The summed E-state index contributed by atoms with van der Waals surface area (Å²) in [6.07, 6.45) is 2.63. The molecule has 0 saturated carbocycles. The number of aromatic nitrogens is 3. The lowest BCUT2D eigenvalue weighted by molar-refractivity contribution is 0.477. The van der Waals surface area contributed by atoms with Crippen molar-refractivity contribution in [3.8, 4) is 17.1 Å². The highest BCUT2D eigenvalue weighted by Crippen LogP contribution is 2.31. The van der Waals surface area contributed by atoms with Crippen LogP contribution in [-0.2, 0) is 6.42 Å². The Kier molecular flexibility index (Phi) is 4.66. The van der Waals surface area contributed by atoms with Gasteiger partial charge in [0.05, 0.1) is 11.1 Å². The van der Waals surface area contributed by atoms with Crippen molar-refractivity contribution in [1.82, 2.24) is 15.0 Å². The van der Waals surface area contributed by atoms with Crippen molar-refractivity contribution in [2.75, 3.05) is 18.5 Å². The SMILES string of the molecule is CN(CCc1ccccn1)c1nc(-c2ccccc2O)nc2ccccc12. The van der Waals surface area contributed by atoms with Crippen molar-refractivity contribution >= 4 is 16.7 Å². The molecule has 5 heteroatoms. The lowest BCUT2D eigenvalue weighted by Crippen LogP contribution is -2.22. The summed E-state index contributed by atoms with van der Waals surface area (Å²) < 4.78 is 0. The topological polar surface area (TPSA) is 62.1 Å². The normalized spacial score (nSPS) is 10.9. The summed E-state index contributed by atoms with van der Waals surface area (Å²) in [5, 5.41) is 11.2. The van der Waals surface area contributed by atoms with E-state index in [0.29, 0.717) is 11.4 Å². The van der Waals surface area contributed by atoms with Gasteiger partial charge in [-0.05, 0) is 36.4 Å². The van der Waals surface area contributed by atoms with E-state index in [2.05, 4.69) is 14.9 Å². The molecule has 0 amide bonds. The molecule has 0 bridgehead atoms. The van der Waals surface area contributed by atoms with Crippen LogP contribution in [0.5, 0.6) is 5.75 Å². The molecule has 0 atom stereocenters. The number of aromatic hydroxyl groups is 1. The number of pyridine rings is 1. The minimum atomic E-state index is 0.176. The molecule has 2 aromatic carbocycles. The third-order valence-corrected chi connectivity index (χ3v) is 4.52. The van der Waals surface area contributed by atoms with Crippen LogP contribution in [0.4, 0.5) is 5.82 Å². The Bertz CT molecular complexity index is 1070. The fourth-order valence-corrected chi connectivity index (χ4v) is 3.07. The average Bonchev–Trinajstić information content (AvgIpc) is 2.72. The number of benzene rings is 2. The van der Waals surface area contributed by atoms with Crippen LogP contribution in [0.15, 0.2) is 72.9 Å². The van der Waals surface area contributed by atoms with Crippen molar-refractivity contribution in [1.29, 1.82) is 0 Å². The molecule has 0 spiro atoms. The molecule has 2 aromatic heterocycles. The van der Waals surface area contributed by atoms with Crippen molar-refractivity contribution in [3.63, 3.8) is 0 Å². The number of rotatable bonds is 5. The van der Waals surface area contributed by atoms with E-state index in [1.54, 1.807) is 12.1 Å². The largest absolute Gasteiger partial charge is 0.507 e. The molecule has 0 aliphatic rings. The lowest BCUT2D eigenvalue weighted by atomic mass is 10.1. The molecule has 2 heterocycles. The molecule has 4 aromatic rings. The van der Waals surface area contributed by atoms with Gasteiger partial charge in [0.1, 0.15) is 11.6 Å². The summed E-state index contributed by atoms with van der Waals surface area (Å²) in [5.41, 5.74) is 2.52. The summed E-state index contributed by atoms with van der Waals surface area (Å²) in [4.78, 5) is 15.9. The monoisotopic (exact) mass is 356 g/mol. The van der Waals surface area contributed by atoms with Gasteiger partial charge in [0.15, 0.2) is 5.82 Å². The second kappa shape index (κ2) is 7.41. The Morgan fingerprint density at radius 3 is 2.48 bits per heavy atom. The smallest absolute Gasteiger partial charge is 0.165 e. The van der Waals surface area contributed by atoms with Crippen LogP contribution >= 0.6 is 0 Å². The Morgan fingerprint density at radius 2 is 1.67 bits per heavy atom. The van der Waals surface area contributed by atoms with Crippen LogP contribution in [-0.4, -0.2) is 33.7 Å². The zero-order valence-corrected chi connectivity index (χ0v) is 15.1. The average molecular weight is 356 g/mol. The van der Waals surface area contributed by atoms with Gasteiger partial charge >= 0.3 is 0 Å². The van der Waals surface area contributed by atoms with Crippen LogP contribution < -0.4 is 4.90 Å². The van der Waals surface area contributed by atoms with Crippen molar-refractivity contribution in [2.45, 2.75) is 6.42 Å². The highest BCUT2D eigenvalue weighted by Gasteiger charge is 2.14. The highest BCUT2D eigenvalue weighted by molar-refractivity contribution is 5.91. The van der Waals surface area contributed by atoms with Crippen LogP contribution in [0.3, 0.4) is 0 Å². The van der Waals surface area contributed by atoms with Gasteiger partial charge in [-0.2, -0.15) is 0 Å². The summed E-state index contributed by atoms with van der Waals surface area (Å²) in [6.45, 7) is 0.776. The molecule has 0 fully saturated rings. The fourth-order valence-electron chi connectivity index (χ4n) is 3.07. The summed E-state index contributed by atoms with van der Waals surface area (Å²) in [6, 6.07) is 21.0. The number of hydrogen-bond donors (Lipinski definition) is 1. The Hall–Kier alpha value is -3.47. The van der Waals surface area contributed by atoms with E-state index in [-0.39, 0.29) is 5.75 Å². The molecule has 0 saturated heterocycles. The first kappa shape index (κ1) is 17.0. The van der Waals surface area contributed by atoms with E-state index in [1.165, 1.54) is 0 Å². The lowest BCUT2D eigenvalue weighted by Gasteiger charge is -2.20. The molecule has 0 radical (unpaired) electrons. The first-order valence-corrected chi connectivity index (χ1v) is 8.88. The van der Waals surface area contributed by atoms with Gasteiger partial charge in [-0.1, -0.05) is 30.3 Å². The summed E-state index contributed by atoms with van der Waals surface area (Å²) in [7, 11) is 2.02. The predicted octanol–water partition coefficient (Wildman–Crippen LogP) is 4.08. The van der Waals surface area contributed by atoms with Crippen LogP contribution in [0.2, 0.25) is 0 Å². The molecular formula is C22H20N4O. The van der Waals surface area contributed by atoms with Gasteiger partial charge in [-0.25, -0.2) is 9.97 Å². The third kappa shape index (κ3) is 3.58. The molecule has 5 nitrogen and oxygen atoms in total. The maximum atomic E-state index is 10.2. The number of phenols is 1. The number of para-hydroxylation sites is 2. The first-order chi connectivity index (χ1) is 13.2. The van der Waals surface area contributed by atoms with Gasteiger partial charge in [0.2, 0.25) is 0 Å². The number of hydrogen-bond acceptors (Lipinski definition) is 5. The van der Waals surface area contributed by atoms with Gasteiger partial charge in [0.25, 0.3) is 0 Å². The van der Waals surface area contributed by atoms with E-state index in [9.17, 15) is 5.11 Å². The van der Waals surface area contributed by atoms with Gasteiger partial charge in [-0.3, -0.25) is 4.98 Å². The maximum Gasteiger partial charge on any atom is 0.165 e. The number of nitrogens with zero attached hydrogens (tertiary/aromatic N) is 4. The molecule has 0 aliphatic heterocycles. The number of anilines is 1. The van der Waals surface area contributed by atoms with E-state index < -0.39 is 0 Å². The minimum Gasteiger partial charge on any atom is -0.507 e. The predicted molar refractivity (Wildman–Crippen MR) is 108 cm³/mol. The summed E-state index contributed by atoms with van der Waals surface area (Å²) in [5.74, 6) is 1.54. The molecule has 1 N–H and O–H groups in total. The van der Waals surface area contributed by atoms with Gasteiger partial charge in [0, 0.05) is 37.3 Å². The highest BCUT2D eigenvalue weighted by atomic mass is 16.3. The van der Waals surface area contributed by atoms with Crippen molar-refractivity contribution in [3.05, 3.63) is 78.6 Å². The maximum absolute atomic E-state index is 10.2. The van der Waals surface area contributed by atoms with Gasteiger partial charge < -0.3 is 10.0 Å². The van der Waals surface area contributed by atoms with Crippen molar-refractivity contribution in [2.24, 2.45) is 0 Å². The van der Waals surface area contributed by atoms with E-state index in [4.69, 9.17) is 4.98 Å². The van der Waals surface area contributed by atoms with Crippen LogP contribution in [0.1, 0.15) is 5.69 Å². The van der Waals surface area contributed by atoms with Crippen molar-refractivity contribution < 1.29 is 5.11 Å². The zero-order chi connectivity index (χ0) is 18.6. The summed E-state index contributed by atoms with van der Waals surface area (Å²) >= 11 is 0. The number of fused-ring (bicyclic) bond motifs is 1. The molecular weight excluding hydrogens is 336 g/mol. The number of likely N-dealkylation sites (N-methyl/N-ethyl adjacent to an activating group) is 1. The van der Waals surface area contributed by atoms with Gasteiger partial charge in [-0.15, -0.1) is 0 Å². The number of phenolic OH excluding ortho intramolecular Hbond substituents is 1. The van der Waals surface area contributed by atoms with E-state index in [1.807, 2.05) is 67.8 Å². The second-order valence-corrected chi connectivity index (χ2v) is 6.40. The van der Waals surface area contributed by atoms with E-state index >= 15 is 0 Å². The Balaban J connectivity index is 1.73. The standard InChI is InChI=1S/C22H20N4O/c1-26(15-13-16-8-6-7-14-23-16)22-17-9-2-4-11-19(17)24-21(25-22)18-10-3-5-12-20(18)27/h2-12,14,27H,13,15H2,1H3. The Morgan fingerprint density at radius 1 is 0.889 bits per heavy atom. The first-order valence-electron chi connectivity index (χ1n) is 8.88. The molecule has 4 rings (SSSR count). The third-order valence-electron chi connectivity index (χ3n) is 4.52.